The van der Waals surface area contributed by atoms with E-state index < -0.39 is 0 Å². The summed E-state index contributed by atoms with van der Waals surface area (Å²) in [5.41, 5.74) is 0.482. The third kappa shape index (κ3) is 3.20. The summed E-state index contributed by atoms with van der Waals surface area (Å²) in [6.07, 6.45) is 8.24. The third-order valence-electron chi connectivity index (χ3n) is 5.62. The highest BCUT2D eigenvalue weighted by molar-refractivity contribution is 5.02. The highest BCUT2D eigenvalue weighted by atomic mass is 16.5. The van der Waals surface area contributed by atoms with Crippen molar-refractivity contribution in [3.63, 3.8) is 0 Å². The molecule has 3 nitrogen and oxygen atoms in total. The number of nitrogens with one attached hydrogen (secondary N) is 1. The van der Waals surface area contributed by atoms with Crippen molar-refractivity contribution >= 4 is 0 Å². The largest absolute Gasteiger partial charge is 0.381 e. The first-order valence-electron chi connectivity index (χ1n) is 8.74. The molecule has 3 rings (SSSR count). The molecular weight excluding hydrogens is 248 g/mol. The van der Waals surface area contributed by atoms with Gasteiger partial charge >= 0.3 is 0 Å². The minimum atomic E-state index is 0.482. The smallest absolute Gasteiger partial charge is 0.0507 e. The molecule has 2 saturated heterocycles. The lowest BCUT2D eigenvalue weighted by Gasteiger charge is -2.49. The SMILES string of the molecule is CC(C)CC1CN(CC2CCOC2)C2(CCCC2)CN1. The molecule has 0 bridgehead atoms. The van der Waals surface area contributed by atoms with Crippen LogP contribution in [-0.4, -0.2) is 49.3 Å². The molecule has 116 valence electrons. The van der Waals surface area contributed by atoms with Gasteiger partial charge in [-0.3, -0.25) is 4.90 Å². The number of nitrogens with zero attached hydrogens (tertiary/aromatic N) is 1. The first-order valence-corrected chi connectivity index (χ1v) is 8.74. The molecule has 0 aromatic carbocycles. The topological polar surface area (TPSA) is 24.5 Å². The Kier molecular flexibility index (Phi) is 4.68. The van der Waals surface area contributed by atoms with Crippen molar-refractivity contribution < 1.29 is 4.74 Å². The van der Waals surface area contributed by atoms with Crippen LogP contribution in [-0.2, 0) is 4.74 Å². The molecule has 0 amide bonds. The van der Waals surface area contributed by atoms with Gasteiger partial charge in [-0.05, 0) is 37.5 Å². The van der Waals surface area contributed by atoms with E-state index in [1.165, 1.54) is 58.2 Å². The Morgan fingerprint density at radius 3 is 2.75 bits per heavy atom. The monoisotopic (exact) mass is 280 g/mol. The van der Waals surface area contributed by atoms with Gasteiger partial charge < -0.3 is 10.1 Å². The van der Waals surface area contributed by atoms with Gasteiger partial charge in [-0.1, -0.05) is 26.7 Å². The van der Waals surface area contributed by atoms with Gasteiger partial charge in [0.05, 0.1) is 6.61 Å². The minimum absolute atomic E-state index is 0.482. The van der Waals surface area contributed by atoms with E-state index in [0.29, 0.717) is 11.6 Å². The van der Waals surface area contributed by atoms with E-state index >= 15 is 0 Å². The lowest BCUT2D eigenvalue weighted by molar-refractivity contribution is 0.0236. The van der Waals surface area contributed by atoms with Crippen LogP contribution in [0.4, 0.5) is 0 Å². The molecular formula is C17H32N2O. The second kappa shape index (κ2) is 6.33. The second-order valence-corrected chi connectivity index (χ2v) is 7.77. The van der Waals surface area contributed by atoms with Gasteiger partial charge in [0.2, 0.25) is 0 Å². The summed E-state index contributed by atoms with van der Waals surface area (Å²) in [7, 11) is 0. The summed E-state index contributed by atoms with van der Waals surface area (Å²) >= 11 is 0. The summed E-state index contributed by atoms with van der Waals surface area (Å²) in [6.45, 7) is 10.4. The molecule has 2 aliphatic heterocycles. The highest BCUT2D eigenvalue weighted by Crippen LogP contribution is 2.38. The lowest BCUT2D eigenvalue weighted by atomic mass is 9.88. The molecule has 3 heteroatoms. The number of piperazine rings is 1. The Bertz CT molecular complexity index is 306. The van der Waals surface area contributed by atoms with Crippen LogP contribution in [0.2, 0.25) is 0 Å². The number of hydrogen-bond acceptors (Lipinski definition) is 3. The number of rotatable bonds is 4. The van der Waals surface area contributed by atoms with Gasteiger partial charge in [0.15, 0.2) is 0 Å². The van der Waals surface area contributed by atoms with Gasteiger partial charge in [-0.2, -0.15) is 0 Å². The van der Waals surface area contributed by atoms with E-state index in [-0.39, 0.29) is 0 Å². The first-order chi connectivity index (χ1) is 9.68. The molecule has 0 aromatic heterocycles. The van der Waals surface area contributed by atoms with Gasteiger partial charge in [0, 0.05) is 37.8 Å². The fourth-order valence-corrected chi connectivity index (χ4v) is 4.53. The van der Waals surface area contributed by atoms with Crippen LogP contribution in [0, 0.1) is 11.8 Å². The van der Waals surface area contributed by atoms with Crippen molar-refractivity contribution in [3.8, 4) is 0 Å². The summed E-state index contributed by atoms with van der Waals surface area (Å²) < 4.78 is 5.60. The van der Waals surface area contributed by atoms with Gasteiger partial charge in [0.1, 0.15) is 0 Å². The summed E-state index contributed by atoms with van der Waals surface area (Å²) in [5, 5.41) is 3.87. The maximum absolute atomic E-state index is 5.60. The molecule has 1 N–H and O–H groups in total. The van der Waals surface area contributed by atoms with Gasteiger partial charge in [0.25, 0.3) is 0 Å². The minimum Gasteiger partial charge on any atom is -0.381 e. The van der Waals surface area contributed by atoms with Crippen LogP contribution in [0.1, 0.15) is 52.4 Å². The molecule has 1 spiro atoms. The molecule has 2 atom stereocenters. The zero-order valence-corrected chi connectivity index (χ0v) is 13.4. The second-order valence-electron chi connectivity index (χ2n) is 7.77. The van der Waals surface area contributed by atoms with E-state index in [1.807, 2.05) is 0 Å². The highest BCUT2D eigenvalue weighted by Gasteiger charge is 2.44. The zero-order chi connectivity index (χ0) is 14.0. The van der Waals surface area contributed by atoms with Crippen molar-refractivity contribution in [2.24, 2.45) is 11.8 Å². The number of ether oxygens (including phenoxy) is 1. The van der Waals surface area contributed by atoms with Crippen molar-refractivity contribution in [2.45, 2.75) is 64.0 Å². The average molecular weight is 280 g/mol. The summed E-state index contributed by atoms with van der Waals surface area (Å²) in [5.74, 6) is 1.58. The van der Waals surface area contributed by atoms with Crippen LogP contribution in [0.3, 0.4) is 0 Å². The predicted molar refractivity (Wildman–Crippen MR) is 82.9 cm³/mol. The standard InChI is InChI=1S/C17H32N2O/c1-14(2)9-16-11-19(10-15-5-8-20-12-15)17(13-18-16)6-3-4-7-17/h14-16,18H,3-13H2,1-2H3. The van der Waals surface area contributed by atoms with Crippen molar-refractivity contribution in [3.05, 3.63) is 0 Å². The van der Waals surface area contributed by atoms with Crippen LogP contribution in [0.15, 0.2) is 0 Å². The van der Waals surface area contributed by atoms with E-state index in [4.69, 9.17) is 4.74 Å². The van der Waals surface area contributed by atoms with Crippen molar-refractivity contribution in [1.82, 2.24) is 10.2 Å². The maximum Gasteiger partial charge on any atom is 0.0507 e. The summed E-state index contributed by atoms with van der Waals surface area (Å²) in [6, 6.07) is 0.698. The molecule has 1 aliphatic carbocycles. The van der Waals surface area contributed by atoms with Crippen LogP contribution >= 0.6 is 0 Å². The fourth-order valence-electron chi connectivity index (χ4n) is 4.53. The lowest BCUT2D eigenvalue weighted by Crippen LogP contribution is -2.64. The molecule has 2 unspecified atom stereocenters. The number of hydrogen-bond donors (Lipinski definition) is 1. The Morgan fingerprint density at radius 1 is 1.30 bits per heavy atom. The fraction of sp³-hybridized carbons (Fsp3) is 1.00. The Morgan fingerprint density at radius 2 is 2.10 bits per heavy atom. The molecule has 3 fully saturated rings. The van der Waals surface area contributed by atoms with E-state index in [9.17, 15) is 0 Å². The predicted octanol–water partition coefficient (Wildman–Crippen LogP) is 2.66. The Labute approximate surface area is 124 Å². The Hall–Kier alpha value is -0.120. The van der Waals surface area contributed by atoms with E-state index in [2.05, 4.69) is 24.1 Å². The first kappa shape index (κ1) is 14.8. The zero-order valence-electron chi connectivity index (χ0n) is 13.4. The molecule has 0 radical (unpaired) electrons. The molecule has 20 heavy (non-hydrogen) atoms. The van der Waals surface area contributed by atoms with Crippen LogP contribution in [0.25, 0.3) is 0 Å². The summed E-state index contributed by atoms with van der Waals surface area (Å²) in [4.78, 5) is 2.86. The maximum atomic E-state index is 5.60. The average Bonchev–Trinajstić information content (AvgIpc) is 3.05. The molecule has 3 aliphatic rings. The van der Waals surface area contributed by atoms with Gasteiger partial charge in [-0.25, -0.2) is 0 Å². The van der Waals surface area contributed by atoms with Crippen molar-refractivity contribution in [1.29, 1.82) is 0 Å². The van der Waals surface area contributed by atoms with Crippen molar-refractivity contribution in [2.75, 3.05) is 32.8 Å². The normalized spacial score (nSPS) is 34.4. The third-order valence-corrected chi connectivity index (χ3v) is 5.62. The molecule has 2 heterocycles. The van der Waals surface area contributed by atoms with E-state index in [1.54, 1.807) is 0 Å². The van der Waals surface area contributed by atoms with Gasteiger partial charge in [-0.15, -0.1) is 0 Å². The van der Waals surface area contributed by atoms with Crippen LogP contribution < -0.4 is 5.32 Å². The molecule has 0 aromatic rings. The quantitative estimate of drug-likeness (QED) is 0.857. The molecule has 1 saturated carbocycles. The van der Waals surface area contributed by atoms with E-state index in [0.717, 1.165) is 25.0 Å². The van der Waals surface area contributed by atoms with Crippen LogP contribution in [0.5, 0.6) is 0 Å². The Balaban J connectivity index is 1.65.